The number of rotatable bonds is 33. The third kappa shape index (κ3) is 34.9. The summed E-state index contributed by atoms with van der Waals surface area (Å²) in [5.41, 5.74) is 0. The van der Waals surface area contributed by atoms with E-state index in [0.29, 0.717) is 12.8 Å². The van der Waals surface area contributed by atoms with Crippen LogP contribution >= 0.6 is 11.6 Å². The molecule has 0 aliphatic rings. The third-order valence-electron chi connectivity index (χ3n) is 7.82. The topological polar surface area (TPSA) is 52.6 Å². The smallest absolute Gasteiger partial charge is 0.305 e. The Bertz CT molecular complexity index is 715. The second-order valence-corrected chi connectivity index (χ2v) is 12.9. The molecule has 1 atom stereocenters. The van der Waals surface area contributed by atoms with Gasteiger partial charge in [0.2, 0.25) is 0 Å². The summed E-state index contributed by atoms with van der Waals surface area (Å²) in [6.45, 7) is 4.67. The van der Waals surface area contributed by atoms with E-state index in [1.807, 2.05) is 0 Å². The number of hydrogen-bond donors (Lipinski definition) is 0. The van der Waals surface area contributed by atoms with Crippen molar-refractivity contribution in [1.29, 1.82) is 0 Å². The van der Waals surface area contributed by atoms with Crippen LogP contribution in [0.5, 0.6) is 0 Å². The number of unbranched alkanes of at least 4 members (excludes halogenated alkanes) is 19. The lowest BCUT2D eigenvalue weighted by Crippen LogP contribution is -2.21. The minimum atomic E-state index is -0.499. The van der Waals surface area contributed by atoms with Gasteiger partial charge in [-0.3, -0.25) is 9.59 Å². The summed E-state index contributed by atoms with van der Waals surface area (Å²) in [6.07, 6.45) is 43.4. The molecule has 0 spiro atoms. The number of esters is 2. The van der Waals surface area contributed by atoms with Crippen LogP contribution in [0.15, 0.2) is 36.5 Å². The Morgan fingerprint density at radius 3 is 1.23 bits per heavy atom. The predicted molar refractivity (Wildman–Crippen MR) is 190 cm³/mol. The Labute approximate surface area is 277 Å². The molecule has 0 aromatic rings. The van der Waals surface area contributed by atoms with Crippen molar-refractivity contribution in [2.75, 3.05) is 13.2 Å². The molecule has 0 aromatic heterocycles. The first-order valence-corrected chi connectivity index (χ1v) is 18.9. The minimum Gasteiger partial charge on any atom is -0.464 e. The first kappa shape index (κ1) is 42.5. The molecule has 1 unspecified atom stereocenters. The van der Waals surface area contributed by atoms with Crippen molar-refractivity contribution < 1.29 is 19.1 Å². The molecule has 0 amide bonds. The Kier molecular flexibility index (Phi) is 34.7. The van der Waals surface area contributed by atoms with Gasteiger partial charge in [0.05, 0.1) is 0 Å². The summed E-state index contributed by atoms with van der Waals surface area (Å²) in [5.74, 6) is -0.439. The molecule has 0 bridgehead atoms. The van der Waals surface area contributed by atoms with E-state index in [-0.39, 0.29) is 25.2 Å². The van der Waals surface area contributed by atoms with Crippen LogP contribution in [-0.4, -0.2) is 30.5 Å². The van der Waals surface area contributed by atoms with Gasteiger partial charge in [-0.25, -0.2) is 0 Å². The van der Waals surface area contributed by atoms with Crippen molar-refractivity contribution in [3.05, 3.63) is 36.5 Å². The van der Waals surface area contributed by atoms with E-state index in [9.17, 15) is 9.59 Å². The Hall–Kier alpha value is -1.55. The van der Waals surface area contributed by atoms with Gasteiger partial charge in [-0.05, 0) is 70.6 Å². The van der Waals surface area contributed by atoms with E-state index in [1.165, 1.54) is 96.3 Å². The van der Waals surface area contributed by atoms with Crippen molar-refractivity contribution in [3.8, 4) is 0 Å². The number of ether oxygens (including phenoxy) is 2. The number of hydrogen-bond acceptors (Lipinski definition) is 4. The highest BCUT2D eigenvalue weighted by molar-refractivity contribution is 6.21. The standard InChI is InChI=1S/C39H69ClO4/c1-3-5-7-9-11-13-15-17-19-21-23-25-27-29-31-33-38(41)43-35-37(40)36-44-39(42)34-32-30-28-26-24-22-20-18-16-14-12-10-8-6-4-2/h11,13,17-20,37H,3-10,12,14-16,21-36H2,1-2H3/b13-11-,19-17-,20-18-. The summed E-state index contributed by atoms with van der Waals surface area (Å²) in [6, 6.07) is 0. The van der Waals surface area contributed by atoms with Crippen molar-refractivity contribution in [2.24, 2.45) is 0 Å². The van der Waals surface area contributed by atoms with Crippen molar-refractivity contribution in [2.45, 2.75) is 186 Å². The van der Waals surface area contributed by atoms with Crippen LogP contribution < -0.4 is 0 Å². The number of allylic oxidation sites excluding steroid dienone is 6. The van der Waals surface area contributed by atoms with E-state index in [2.05, 4.69) is 50.3 Å². The van der Waals surface area contributed by atoms with Gasteiger partial charge < -0.3 is 9.47 Å². The van der Waals surface area contributed by atoms with Gasteiger partial charge in [0.1, 0.15) is 18.6 Å². The van der Waals surface area contributed by atoms with Crippen LogP contribution in [0.4, 0.5) is 0 Å². The van der Waals surface area contributed by atoms with Gasteiger partial charge >= 0.3 is 11.9 Å². The van der Waals surface area contributed by atoms with Crippen LogP contribution in [0, 0.1) is 0 Å². The molecule has 0 fully saturated rings. The number of halogens is 1. The normalized spacial score (nSPS) is 12.5. The van der Waals surface area contributed by atoms with Crippen LogP contribution in [0.2, 0.25) is 0 Å². The maximum atomic E-state index is 12.0. The van der Waals surface area contributed by atoms with E-state index >= 15 is 0 Å². The van der Waals surface area contributed by atoms with E-state index in [0.717, 1.165) is 57.8 Å². The van der Waals surface area contributed by atoms with Crippen molar-refractivity contribution >= 4 is 23.5 Å². The number of alkyl halides is 1. The highest BCUT2D eigenvalue weighted by Crippen LogP contribution is 2.12. The zero-order valence-electron chi connectivity index (χ0n) is 28.9. The number of carbonyl (C=O) groups excluding carboxylic acids is 2. The molecule has 5 heteroatoms. The molecule has 44 heavy (non-hydrogen) atoms. The summed E-state index contributed by atoms with van der Waals surface area (Å²) in [7, 11) is 0. The summed E-state index contributed by atoms with van der Waals surface area (Å²) in [5, 5.41) is -0.499. The zero-order chi connectivity index (χ0) is 32.2. The molecule has 0 rings (SSSR count). The molecule has 256 valence electrons. The average molecular weight is 637 g/mol. The van der Waals surface area contributed by atoms with Crippen molar-refractivity contribution in [1.82, 2.24) is 0 Å². The fraction of sp³-hybridized carbons (Fsp3) is 0.795. The monoisotopic (exact) mass is 636 g/mol. The Balaban J connectivity index is 3.48. The van der Waals surface area contributed by atoms with E-state index in [4.69, 9.17) is 21.1 Å². The Morgan fingerprint density at radius 1 is 0.477 bits per heavy atom. The van der Waals surface area contributed by atoms with Crippen LogP contribution in [-0.2, 0) is 19.1 Å². The lowest BCUT2D eigenvalue weighted by atomic mass is 10.1. The second kappa shape index (κ2) is 35.9. The maximum Gasteiger partial charge on any atom is 0.305 e. The first-order valence-electron chi connectivity index (χ1n) is 18.5. The fourth-order valence-electron chi connectivity index (χ4n) is 4.98. The second-order valence-electron chi connectivity index (χ2n) is 12.3. The molecule has 0 aliphatic carbocycles. The third-order valence-corrected chi connectivity index (χ3v) is 8.08. The quantitative estimate of drug-likeness (QED) is 0.0311. The van der Waals surface area contributed by atoms with E-state index in [1.54, 1.807) is 0 Å². The van der Waals surface area contributed by atoms with Gasteiger partial charge in [0.15, 0.2) is 0 Å². The molecule has 0 N–H and O–H groups in total. The van der Waals surface area contributed by atoms with E-state index < -0.39 is 5.38 Å². The van der Waals surface area contributed by atoms with Gasteiger partial charge in [-0.2, -0.15) is 0 Å². The summed E-state index contributed by atoms with van der Waals surface area (Å²) < 4.78 is 10.5. The lowest BCUT2D eigenvalue weighted by molar-refractivity contribution is -0.146. The molecule has 0 heterocycles. The van der Waals surface area contributed by atoms with Gasteiger partial charge in [-0.15, -0.1) is 11.6 Å². The molecule has 4 nitrogen and oxygen atoms in total. The summed E-state index contributed by atoms with van der Waals surface area (Å²) in [4.78, 5) is 24.0. The molecule has 0 aromatic carbocycles. The van der Waals surface area contributed by atoms with Crippen molar-refractivity contribution in [3.63, 3.8) is 0 Å². The molecular formula is C39H69ClO4. The lowest BCUT2D eigenvalue weighted by Gasteiger charge is -2.11. The Morgan fingerprint density at radius 2 is 0.795 bits per heavy atom. The van der Waals surface area contributed by atoms with Crippen LogP contribution in [0.25, 0.3) is 0 Å². The maximum absolute atomic E-state index is 12.0. The molecule has 0 aliphatic heterocycles. The summed E-state index contributed by atoms with van der Waals surface area (Å²) >= 11 is 6.20. The molecule has 0 saturated carbocycles. The van der Waals surface area contributed by atoms with Gasteiger partial charge in [0.25, 0.3) is 0 Å². The first-order chi connectivity index (χ1) is 21.6. The van der Waals surface area contributed by atoms with Gasteiger partial charge in [-0.1, -0.05) is 134 Å². The highest BCUT2D eigenvalue weighted by atomic mass is 35.5. The van der Waals surface area contributed by atoms with Crippen LogP contribution in [0.3, 0.4) is 0 Å². The number of carbonyl (C=O) groups is 2. The zero-order valence-corrected chi connectivity index (χ0v) is 29.6. The van der Waals surface area contributed by atoms with Crippen LogP contribution in [0.1, 0.15) is 181 Å². The molecular weight excluding hydrogens is 568 g/mol. The molecule has 0 saturated heterocycles. The predicted octanol–water partition coefficient (Wildman–Crippen LogP) is 12.5. The minimum absolute atomic E-state index is 0.0847. The SMILES string of the molecule is CCCCC/C=C\C/C=C\CCCCCCCC(=O)OCC(Cl)COC(=O)CCCCCCC/C=C\CCCCCCCC. The highest BCUT2D eigenvalue weighted by Gasteiger charge is 2.12. The average Bonchev–Trinajstić information content (AvgIpc) is 3.02. The van der Waals surface area contributed by atoms with Gasteiger partial charge in [0, 0.05) is 12.8 Å². The largest absolute Gasteiger partial charge is 0.464 e. The fourth-order valence-corrected chi connectivity index (χ4v) is 5.11. The molecule has 0 radical (unpaired) electrons.